The molecule has 5 heteroatoms. The topological polar surface area (TPSA) is 55.8 Å². The Hall–Kier alpha value is -2.04. The molecule has 5 nitrogen and oxygen atoms in total. The van der Waals surface area contributed by atoms with E-state index in [0.717, 1.165) is 10.5 Å². The summed E-state index contributed by atoms with van der Waals surface area (Å²) in [6.45, 7) is 4.07. The number of benzene rings is 1. The maximum atomic E-state index is 11.7. The molecule has 1 aromatic carbocycles. The van der Waals surface area contributed by atoms with E-state index in [-0.39, 0.29) is 19.8 Å². The van der Waals surface area contributed by atoms with Crippen LogP contribution in [0.25, 0.3) is 0 Å². The van der Waals surface area contributed by atoms with E-state index >= 15 is 0 Å². The molecule has 0 unspecified atom stereocenters. The first-order valence-electron chi connectivity index (χ1n) is 6.34. The lowest BCUT2D eigenvalue weighted by Crippen LogP contribution is -2.39. The molecule has 0 aromatic heterocycles. The Labute approximate surface area is 113 Å². The molecular formula is C14H19NO4. The summed E-state index contributed by atoms with van der Waals surface area (Å²) in [7, 11) is 0. The summed E-state index contributed by atoms with van der Waals surface area (Å²) in [5.74, 6) is 0. The second-order valence-corrected chi connectivity index (χ2v) is 3.79. The first kappa shape index (κ1) is 15.0. The molecular weight excluding hydrogens is 246 g/mol. The number of hydrogen-bond acceptors (Lipinski definition) is 4. The van der Waals surface area contributed by atoms with Gasteiger partial charge in [-0.05, 0) is 25.8 Å². The largest absolute Gasteiger partial charge is 0.449 e. The molecule has 0 fully saturated rings. The van der Waals surface area contributed by atoms with Crippen molar-refractivity contribution >= 4 is 12.2 Å². The van der Waals surface area contributed by atoms with Crippen LogP contribution < -0.4 is 0 Å². The van der Waals surface area contributed by atoms with Crippen LogP contribution in [-0.4, -0.2) is 36.8 Å². The summed E-state index contributed by atoms with van der Waals surface area (Å²) in [6, 6.07) is 9.61. The molecule has 0 saturated heterocycles. The van der Waals surface area contributed by atoms with Gasteiger partial charge in [-0.1, -0.05) is 30.3 Å². The van der Waals surface area contributed by atoms with Gasteiger partial charge in [0, 0.05) is 6.54 Å². The van der Waals surface area contributed by atoms with Gasteiger partial charge in [0.2, 0.25) is 0 Å². The average molecular weight is 265 g/mol. The molecule has 0 spiro atoms. The summed E-state index contributed by atoms with van der Waals surface area (Å²) in [5.41, 5.74) is 1.04. The van der Waals surface area contributed by atoms with Crippen molar-refractivity contribution in [3.63, 3.8) is 0 Å². The minimum atomic E-state index is -0.670. The van der Waals surface area contributed by atoms with Crippen molar-refractivity contribution in [2.24, 2.45) is 0 Å². The Bertz CT molecular complexity index is 387. The Balaban J connectivity index is 2.63. The van der Waals surface area contributed by atoms with Crippen molar-refractivity contribution in [3.05, 3.63) is 35.9 Å². The van der Waals surface area contributed by atoms with Crippen LogP contribution in [0.5, 0.6) is 0 Å². The lowest BCUT2D eigenvalue weighted by Gasteiger charge is -2.19. The predicted octanol–water partition coefficient (Wildman–Crippen LogP) is 2.84. The van der Waals surface area contributed by atoms with Gasteiger partial charge in [0.05, 0.1) is 13.2 Å². The van der Waals surface area contributed by atoms with Crippen LogP contribution in [0.3, 0.4) is 0 Å². The van der Waals surface area contributed by atoms with Crippen molar-refractivity contribution in [2.45, 2.75) is 20.3 Å². The number of rotatable bonds is 5. The Morgan fingerprint density at radius 1 is 1.00 bits per heavy atom. The average Bonchev–Trinajstić information content (AvgIpc) is 2.41. The molecule has 0 aliphatic rings. The lowest BCUT2D eigenvalue weighted by atomic mass is 10.1. The highest BCUT2D eigenvalue weighted by Gasteiger charge is 2.23. The first-order chi connectivity index (χ1) is 9.19. The van der Waals surface area contributed by atoms with Gasteiger partial charge in [-0.2, -0.15) is 0 Å². The third-order valence-electron chi connectivity index (χ3n) is 2.44. The predicted molar refractivity (Wildman–Crippen MR) is 70.9 cm³/mol. The fourth-order valence-electron chi connectivity index (χ4n) is 1.55. The Morgan fingerprint density at radius 2 is 1.53 bits per heavy atom. The second kappa shape index (κ2) is 8.13. The first-order valence-corrected chi connectivity index (χ1v) is 6.34. The van der Waals surface area contributed by atoms with Crippen molar-refractivity contribution in [1.29, 1.82) is 0 Å². The van der Waals surface area contributed by atoms with Gasteiger partial charge in [-0.3, -0.25) is 0 Å². The summed E-state index contributed by atoms with van der Waals surface area (Å²) < 4.78 is 9.69. The number of imide groups is 1. The smallest absolute Gasteiger partial charge is 0.419 e. The lowest BCUT2D eigenvalue weighted by molar-refractivity contribution is 0.0817. The molecule has 0 saturated carbocycles. The van der Waals surface area contributed by atoms with E-state index < -0.39 is 12.2 Å². The number of amides is 2. The quantitative estimate of drug-likeness (QED) is 0.821. The van der Waals surface area contributed by atoms with Crippen LogP contribution in [0, 0.1) is 0 Å². The molecule has 2 amide bonds. The zero-order valence-electron chi connectivity index (χ0n) is 11.3. The van der Waals surface area contributed by atoms with Crippen LogP contribution in [0.2, 0.25) is 0 Å². The van der Waals surface area contributed by atoms with E-state index in [1.54, 1.807) is 13.8 Å². The molecule has 0 N–H and O–H groups in total. The van der Waals surface area contributed by atoms with Gasteiger partial charge in [0.15, 0.2) is 0 Å². The number of ether oxygens (including phenoxy) is 2. The molecule has 0 aliphatic heterocycles. The SMILES string of the molecule is CCOC(=O)N(CCc1ccccc1)C(=O)OCC. The fraction of sp³-hybridized carbons (Fsp3) is 0.429. The zero-order valence-corrected chi connectivity index (χ0v) is 11.3. The molecule has 0 radical (unpaired) electrons. The molecule has 104 valence electrons. The molecule has 1 rings (SSSR count). The summed E-state index contributed by atoms with van der Waals surface area (Å²) in [5, 5.41) is 0. The highest BCUT2D eigenvalue weighted by molar-refractivity contribution is 5.87. The van der Waals surface area contributed by atoms with Crippen LogP contribution in [0.15, 0.2) is 30.3 Å². The zero-order chi connectivity index (χ0) is 14.1. The summed E-state index contributed by atoms with van der Waals surface area (Å²) in [6.07, 6.45) is -0.771. The molecule has 0 heterocycles. The highest BCUT2D eigenvalue weighted by Crippen LogP contribution is 2.05. The normalized spacial score (nSPS) is 9.79. The number of nitrogens with zero attached hydrogens (tertiary/aromatic N) is 1. The molecule has 19 heavy (non-hydrogen) atoms. The molecule has 0 atom stereocenters. The maximum Gasteiger partial charge on any atom is 0.419 e. The van der Waals surface area contributed by atoms with Gasteiger partial charge in [-0.25, -0.2) is 14.5 Å². The van der Waals surface area contributed by atoms with Gasteiger partial charge in [0.25, 0.3) is 0 Å². The van der Waals surface area contributed by atoms with E-state index in [2.05, 4.69) is 0 Å². The Morgan fingerprint density at radius 3 is 2.00 bits per heavy atom. The van der Waals surface area contributed by atoms with Crippen LogP contribution in [-0.2, 0) is 15.9 Å². The van der Waals surface area contributed by atoms with E-state index in [0.29, 0.717) is 6.42 Å². The summed E-state index contributed by atoms with van der Waals surface area (Å²) >= 11 is 0. The van der Waals surface area contributed by atoms with Gasteiger partial charge in [0.1, 0.15) is 0 Å². The van der Waals surface area contributed by atoms with Crippen LogP contribution in [0.4, 0.5) is 9.59 Å². The van der Waals surface area contributed by atoms with E-state index in [1.165, 1.54) is 0 Å². The molecule has 1 aromatic rings. The van der Waals surface area contributed by atoms with E-state index in [4.69, 9.17) is 9.47 Å². The maximum absolute atomic E-state index is 11.7. The minimum absolute atomic E-state index is 0.222. The van der Waals surface area contributed by atoms with Crippen LogP contribution in [0.1, 0.15) is 19.4 Å². The fourth-order valence-corrected chi connectivity index (χ4v) is 1.55. The third-order valence-corrected chi connectivity index (χ3v) is 2.44. The van der Waals surface area contributed by atoms with Crippen molar-refractivity contribution < 1.29 is 19.1 Å². The summed E-state index contributed by atoms with van der Waals surface area (Å²) in [4.78, 5) is 24.4. The highest BCUT2D eigenvalue weighted by atomic mass is 16.6. The number of hydrogen-bond donors (Lipinski definition) is 0. The third kappa shape index (κ3) is 4.99. The van der Waals surface area contributed by atoms with Gasteiger partial charge < -0.3 is 9.47 Å². The molecule has 0 aliphatic carbocycles. The van der Waals surface area contributed by atoms with E-state index in [1.807, 2.05) is 30.3 Å². The monoisotopic (exact) mass is 265 g/mol. The molecule has 0 bridgehead atoms. The van der Waals surface area contributed by atoms with Crippen molar-refractivity contribution in [2.75, 3.05) is 19.8 Å². The number of carbonyl (C=O) groups is 2. The van der Waals surface area contributed by atoms with Gasteiger partial charge in [-0.15, -0.1) is 0 Å². The van der Waals surface area contributed by atoms with Crippen molar-refractivity contribution in [3.8, 4) is 0 Å². The second-order valence-electron chi connectivity index (χ2n) is 3.79. The standard InChI is InChI=1S/C14H19NO4/c1-3-18-13(16)15(14(17)19-4-2)11-10-12-8-6-5-7-9-12/h5-9H,3-4,10-11H2,1-2H3. The van der Waals surface area contributed by atoms with Gasteiger partial charge >= 0.3 is 12.2 Å². The van der Waals surface area contributed by atoms with E-state index in [9.17, 15) is 9.59 Å². The Kier molecular flexibility index (Phi) is 6.43. The number of carbonyl (C=O) groups excluding carboxylic acids is 2. The van der Waals surface area contributed by atoms with Crippen molar-refractivity contribution in [1.82, 2.24) is 4.90 Å². The minimum Gasteiger partial charge on any atom is -0.449 e. The van der Waals surface area contributed by atoms with Crippen LogP contribution >= 0.6 is 0 Å².